The predicted octanol–water partition coefficient (Wildman–Crippen LogP) is 0.958. The van der Waals surface area contributed by atoms with Gasteiger partial charge in [-0.2, -0.15) is 0 Å². The SMILES string of the molecule is O=C(O)C(Cc1ccc(O)cc1)N=Cc1c(O)[nH]c(=S)[nH]c1=O. The average molecular weight is 335 g/mol. The van der Waals surface area contributed by atoms with E-state index in [0.29, 0.717) is 5.56 Å². The number of phenolic OH excluding ortho intramolecular Hbond substituents is 1. The van der Waals surface area contributed by atoms with E-state index in [0.717, 1.165) is 6.21 Å². The fourth-order valence-electron chi connectivity index (χ4n) is 1.83. The number of rotatable bonds is 5. The van der Waals surface area contributed by atoms with E-state index >= 15 is 0 Å². The lowest BCUT2D eigenvalue weighted by Crippen LogP contribution is -2.22. The molecule has 1 aromatic carbocycles. The maximum absolute atomic E-state index is 11.7. The number of benzene rings is 1. The molecule has 0 aliphatic rings. The van der Waals surface area contributed by atoms with Crippen LogP contribution in [0.15, 0.2) is 34.1 Å². The third-order valence-electron chi connectivity index (χ3n) is 2.99. The number of hydrogen-bond donors (Lipinski definition) is 5. The van der Waals surface area contributed by atoms with Gasteiger partial charge in [-0.1, -0.05) is 12.1 Å². The second kappa shape index (κ2) is 6.88. The Morgan fingerprint density at radius 3 is 2.48 bits per heavy atom. The molecule has 0 aliphatic heterocycles. The van der Waals surface area contributed by atoms with Gasteiger partial charge in [0.15, 0.2) is 10.8 Å². The third kappa shape index (κ3) is 4.27. The molecule has 2 aromatic rings. The summed E-state index contributed by atoms with van der Waals surface area (Å²) in [6.45, 7) is 0. The third-order valence-corrected chi connectivity index (χ3v) is 3.20. The first-order chi connectivity index (χ1) is 10.9. The topological polar surface area (TPSA) is 139 Å². The highest BCUT2D eigenvalue weighted by atomic mass is 32.1. The van der Waals surface area contributed by atoms with Crippen LogP contribution < -0.4 is 5.56 Å². The van der Waals surface area contributed by atoms with Crippen LogP contribution in [0.5, 0.6) is 11.6 Å². The summed E-state index contributed by atoms with van der Waals surface area (Å²) in [5, 5.41) is 28.1. The van der Waals surface area contributed by atoms with Crippen LogP contribution in [0.4, 0.5) is 0 Å². The molecular weight excluding hydrogens is 322 g/mol. The fourth-order valence-corrected chi connectivity index (χ4v) is 2.02. The number of aromatic nitrogens is 2. The minimum Gasteiger partial charge on any atom is -0.508 e. The zero-order chi connectivity index (χ0) is 17.0. The quantitative estimate of drug-likeness (QED) is 0.407. The second-order valence-electron chi connectivity index (χ2n) is 4.67. The van der Waals surface area contributed by atoms with Gasteiger partial charge in [0.05, 0.1) is 0 Å². The van der Waals surface area contributed by atoms with Gasteiger partial charge in [0.1, 0.15) is 11.3 Å². The van der Waals surface area contributed by atoms with Crippen molar-refractivity contribution in [2.75, 3.05) is 0 Å². The van der Waals surface area contributed by atoms with Gasteiger partial charge in [-0.3, -0.25) is 14.8 Å². The van der Waals surface area contributed by atoms with E-state index in [1.165, 1.54) is 12.1 Å². The van der Waals surface area contributed by atoms with Crippen LogP contribution >= 0.6 is 12.2 Å². The summed E-state index contributed by atoms with van der Waals surface area (Å²) in [6, 6.07) is 4.87. The van der Waals surface area contributed by atoms with Gasteiger partial charge >= 0.3 is 5.97 Å². The van der Waals surface area contributed by atoms with Gasteiger partial charge in [-0.25, -0.2) is 4.79 Å². The van der Waals surface area contributed by atoms with Crippen LogP contribution in [0.3, 0.4) is 0 Å². The molecule has 9 heteroatoms. The van der Waals surface area contributed by atoms with Crippen LogP contribution in [0.1, 0.15) is 11.1 Å². The molecule has 0 amide bonds. The van der Waals surface area contributed by atoms with Crippen LogP contribution in [0.2, 0.25) is 0 Å². The summed E-state index contributed by atoms with van der Waals surface area (Å²) in [4.78, 5) is 31.4. The standard InChI is InChI=1S/C14H13N3O5S/c18-8-3-1-7(2-4-8)5-10(13(21)22)15-6-9-11(19)16-14(23)17-12(9)20/h1-4,6,10,18H,5H2,(H,21,22)(H3,16,17,19,20,23). The molecule has 0 saturated heterocycles. The molecule has 0 spiro atoms. The predicted molar refractivity (Wildman–Crippen MR) is 84.7 cm³/mol. The van der Waals surface area contributed by atoms with E-state index in [9.17, 15) is 24.9 Å². The van der Waals surface area contributed by atoms with Crippen molar-refractivity contribution in [1.29, 1.82) is 0 Å². The van der Waals surface area contributed by atoms with Crippen molar-refractivity contribution >= 4 is 24.4 Å². The number of nitrogens with one attached hydrogen (secondary N) is 2. The molecule has 23 heavy (non-hydrogen) atoms. The summed E-state index contributed by atoms with van der Waals surface area (Å²) in [6.07, 6.45) is 1.05. The Kier molecular flexibility index (Phi) is 4.91. The normalized spacial score (nSPS) is 12.3. The van der Waals surface area contributed by atoms with Crippen molar-refractivity contribution in [3.63, 3.8) is 0 Å². The van der Waals surface area contributed by atoms with E-state index in [1.54, 1.807) is 12.1 Å². The van der Waals surface area contributed by atoms with Crippen molar-refractivity contribution in [3.05, 3.63) is 50.5 Å². The van der Waals surface area contributed by atoms with Crippen molar-refractivity contribution in [1.82, 2.24) is 9.97 Å². The maximum Gasteiger partial charge on any atom is 0.328 e. The Balaban J connectivity index is 2.26. The Bertz CT molecular complexity index is 854. The van der Waals surface area contributed by atoms with Crippen molar-refractivity contribution in [2.24, 2.45) is 4.99 Å². The number of carboxylic acids is 1. The van der Waals surface area contributed by atoms with Gasteiger partial charge in [0, 0.05) is 12.6 Å². The van der Waals surface area contributed by atoms with Crippen molar-refractivity contribution < 1.29 is 20.1 Å². The number of phenols is 1. The summed E-state index contributed by atoms with van der Waals surface area (Å²) in [7, 11) is 0. The minimum atomic E-state index is -1.19. The van der Waals surface area contributed by atoms with E-state index < -0.39 is 23.5 Å². The highest BCUT2D eigenvalue weighted by Crippen LogP contribution is 2.13. The summed E-state index contributed by atoms with van der Waals surface area (Å²) in [5.41, 5.74) is -0.239. The van der Waals surface area contributed by atoms with E-state index in [4.69, 9.17) is 12.2 Å². The molecule has 8 nitrogen and oxygen atoms in total. The minimum absolute atomic E-state index is 0.0523. The van der Waals surface area contributed by atoms with Gasteiger partial charge < -0.3 is 20.3 Å². The number of H-pyrrole nitrogens is 2. The molecule has 0 radical (unpaired) electrons. The number of aliphatic carboxylic acids is 1. The Hall–Kier alpha value is -2.94. The molecular formula is C14H13N3O5S. The lowest BCUT2D eigenvalue weighted by molar-refractivity contribution is -0.138. The molecule has 0 bridgehead atoms. The molecule has 120 valence electrons. The van der Waals surface area contributed by atoms with Crippen LogP contribution in [0.25, 0.3) is 0 Å². The highest BCUT2D eigenvalue weighted by Gasteiger charge is 2.17. The molecule has 1 heterocycles. The number of aromatic amines is 2. The number of aromatic hydroxyl groups is 2. The zero-order valence-corrected chi connectivity index (χ0v) is 12.5. The molecule has 5 N–H and O–H groups in total. The van der Waals surface area contributed by atoms with E-state index in [2.05, 4.69) is 15.0 Å². The maximum atomic E-state index is 11.7. The molecule has 0 fully saturated rings. The van der Waals surface area contributed by atoms with Crippen LogP contribution in [-0.2, 0) is 11.2 Å². The monoisotopic (exact) mass is 335 g/mol. The van der Waals surface area contributed by atoms with Gasteiger partial charge in [0.2, 0.25) is 5.88 Å². The van der Waals surface area contributed by atoms with Crippen LogP contribution in [0, 0.1) is 4.77 Å². The van der Waals surface area contributed by atoms with Crippen molar-refractivity contribution in [2.45, 2.75) is 12.5 Å². The number of carboxylic acid groups (broad SMARTS) is 1. The van der Waals surface area contributed by atoms with E-state index in [1.807, 2.05) is 0 Å². The van der Waals surface area contributed by atoms with E-state index in [-0.39, 0.29) is 22.5 Å². The summed E-state index contributed by atoms with van der Waals surface area (Å²) >= 11 is 4.69. The first kappa shape index (κ1) is 16.4. The lowest BCUT2D eigenvalue weighted by atomic mass is 10.1. The fraction of sp³-hybridized carbons (Fsp3) is 0.143. The molecule has 1 aromatic heterocycles. The number of hydrogen-bond acceptors (Lipinski definition) is 6. The number of carbonyl (C=O) groups is 1. The first-order valence-electron chi connectivity index (χ1n) is 6.46. The average Bonchev–Trinajstić information content (AvgIpc) is 2.46. The Labute approximate surface area is 134 Å². The molecule has 2 rings (SSSR count). The number of aliphatic imine (C=N–C) groups is 1. The molecule has 1 unspecified atom stereocenters. The summed E-state index contributed by atoms with van der Waals surface area (Å²) < 4.78 is -0.0523. The zero-order valence-electron chi connectivity index (χ0n) is 11.7. The molecule has 0 saturated carbocycles. The van der Waals surface area contributed by atoms with Gasteiger partial charge in [0.25, 0.3) is 5.56 Å². The first-order valence-corrected chi connectivity index (χ1v) is 6.87. The lowest BCUT2D eigenvalue weighted by Gasteiger charge is -2.07. The van der Waals surface area contributed by atoms with Crippen LogP contribution in [-0.4, -0.2) is 43.5 Å². The van der Waals surface area contributed by atoms with Gasteiger partial charge in [-0.05, 0) is 29.9 Å². The largest absolute Gasteiger partial charge is 0.508 e. The smallest absolute Gasteiger partial charge is 0.328 e. The number of nitrogens with zero attached hydrogens (tertiary/aromatic N) is 1. The Morgan fingerprint density at radius 1 is 1.26 bits per heavy atom. The van der Waals surface area contributed by atoms with Gasteiger partial charge in [-0.15, -0.1) is 0 Å². The Morgan fingerprint density at radius 2 is 1.91 bits per heavy atom. The van der Waals surface area contributed by atoms with Crippen molar-refractivity contribution in [3.8, 4) is 11.6 Å². The molecule has 0 aliphatic carbocycles. The molecule has 1 atom stereocenters. The second-order valence-corrected chi connectivity index (χ2v) is 5.08. The summed E-state index contributed by atoms with van der Waals surface area (Å²) in [5.74, 6) is -1.61. The highest BCUT2D eigenvalue weighted by molar-refractivity contribution is 7.71.